The molecule has 1 heterocycles. The monoisotopic (exact) mass is 606 g/mol. The number of halogens is 1. The number of esters is 1. The predicted octanol–water partition coefficient (Wildman–Crippen LogP) is 4.52. The van der Waals surface area contributed by atoms with Crippen molar-refractivity contribution >= 4 is 52.4 Å². The summed E-state index contributed by atoms with van der Waals surface area (Å²) in [6.07, 6.45) is 0.751. The molecule has 1 fully saturated rings. The number of aliphatic hydroxyl groups excluding tert-OH is 1. The SMILES string of the molecule is CC(C)(C)OC(=O)c1ccc(NC(=O)[C@H](Cc2ccccc2)NC(=O)C(=O)Nc2cc(Cl)ccc2N2CCCC2O)cc1. The molecule has 1 aliphatic heterocycles. The van der Waals surface area contributed by atoms with Crippen molar-refractivity contribution < 1.29 is 29.0 Å². The van der Waals surface area contributed by atoms with Gasteiger partial charge in [0.05, 0.1) is 16.9 Å². The number of amides is 3. The molecule has 0 aliphatic carbocycles. The van der Waals surface area contributed by atoms with Gasteiger partial charge in [-0.3, -0.25) is 14.4 Å². The largest absolute Gasteiger partial charge is 0.456 e. The summed E-state index contributed by atoms with van der Waals surface area (Å²) in [6.45, 7) is 5.89. The van der Waals surface area contributed by atoms with Gasteiger partial charge in [0.1, 0.15) is 17.9 Å². The van der Waals surface area contributed by atoms with Crippen LogP contribution in [0.1, 0.15) is 49.5 Å². The van der Waals surface area contributed by atoms with Crippen molar-refractivity contribution in [2.75, 3.05) is 22.1 Å². The standard InChI is InChI=1S/C32H35ClN4O6/c1-32(2,3)43-31(42)21-11-14-23(15-12-21)34-28(39)25(18-20-8-5-4-6-9-20)36-30(41)29(40)35-24-19-22(33)13-16-26(24)37-17-7-10-27(37)38/h4-6,8-9,11-16,19,25,27,38H,7,10,17-18H2,1-3H3,(H,34,39)(H,35,40)(H,36,41)/t25-,27?/m0/s1. The summed E-state index contributed by atoms with van der Waals surface area (Å²) in [4.78, 5) is 53.5. The fraction of sp³-hybridized carbons (Fsp3) is 0.312. The van der Waals surface area contributed by atoms with Gasteiger partial charge in [-0.2, -0.15) is 0 Å². The van der Waals surface area contributed by atoms with Crippen LogP contribution in [0, 0.1) is 0 Å². The highest BCUT2D eigenvalue weighted by molar-refractivity contribution is 6.40. The van der Waals surface area contributed by atoms with Crippen molar-refractivity contribution in [2.45, 2.75) is 57.9 Å². The first-order valence-electron chi connectivity index (χ1n) is 13.9. The lowest BCUT2D eigenvalue weighted by atomic mass is 10.0. The highest BCUT2D eigenvalue weighted by atomic mass is 35.5. The zero-order valence-corrected chi connectivity index (χ0v) is 25.0. The molecule has 4 N–H and O–H groups in total. The van der Waals surface area contributed by atoms with Gasteiger partial charge in [0.15, 0.2) is 0 Å². The Hall–Kier alpha value is -4.41. The molecule has 3 aromatic carbocycles. The maximum Gasteiger partial charge on any atom is 0.338 e. The Kier molecular flexibility index (Phi) is 10.1. The molecule has 0 aromatic heterocycles. The van der Waals surface area contributed by atoms with Crippen LogP contribution < -0.4 is 20.9 Å². The Morgan fingerprint density at radius 2 is 1.67 bits per heavy atom. The molecule has 1 aliphatic rings. The van der Waals surface area contributed by atoms with Crippen LogP contribution in [-0.4, -0.2) is 53.2 Å². The molecule has 0 spiro atoms. The molecule has 1 saturated heterocycles. The van der Waals surface area contributed by atoms with Crippen LogP contribution in [-0.2, 0) is 25.5 Å². The van der Waals surface area contributed by atoms with Crippen molar-refractivity contribution in [1.82, 2.24) is 5.32 Å². The zero-order valence-electron chi connectivity index (χ0n) is 24.2. The van der Waals surface area contributed by atoms with Crippen molar-refractivity contribution in [3.8, 4) is 0 Å². The van der Waals surface area contributed by atoms with Crippen molar-refractivity contribution in [3.63, 3.8) is 0 Å². The third kappa shape index (κ3) is 8.79. The second kappa shape index (κ2) is 13.7. The van der Waals surface area contributed by atoms with E-state index in [2.05, 4.69) is 16.0 Å². The average Bonchev–Trinajstić information content (AvgIpc) is 3.38. The smallest absolute Gasteiger partial charge is 0.338 e. The molecule has 1 unspecified atom stereocenters. The molecule has 11 heteroatoms. The number of nitrogens with zero attached hydrogens (tertiary/aromatic N) is 1. The molecule has 4 rings (SSSR count). The highest BCUT2D eigenvalue weighted by Crippen LogP contribution is 2.33. The van der Waals surface area contributed by atoms with E-state index in [1.54, 1.807) is 49.9 Å². The number of carbonyl (C=O) groups excluding carboxylic acids is 4. The number of benzene rings is 3. The Morgan fingerprint density at radius 3 is 2.30 bits per heavy atom. The number of carbonyl (C=O) groups is 4. The first kappa shape index (κ1) is 31.5. The Balaban J connectivity index is 1.47. The lowest BCUT2D eigenvalue weighted by Gasteiger charge is -2.25. The third-order valence-corrected chi connectivity index (χ3v) is 6.87. The summed E-state index contributed by atoms with van der Waals surface area (Å²) in [7, 11) is 0. The number of anilines is 3. The zero-order chi connectivity index (χ0) is 31.1. The molecule has 226 valence electrons. The number of nitrogens with one attached hydrogen (secondary N) is 3. The van der Waals surface area contributed by atoms with E-state index in [1.807, 2.05) is 30.3 Å². The molecule has 3 aromatic rings. The maximum absolute atomic E-state index is 13.3. The second-order valence-electron chi connectivity index (χ2n) is 11.2. The quantitative estimate of drug-likeness (QED) is 0.219. The fourth-order valence-electron chi connectivity index (χ4n) is 4.61. The van der Waals surface area contributed by atoms with Gasteiger partial charge in [0.25, 0.3) is 0 Å². The predicted molar refractivity (Wildman–Crippen MR) is 165 cm³/mol. The van der Waals surface area contributed by atoms with E-state index < -0.39 is 41.6 Å². The van der Waals surface area contributed by atoms with Crippen molar-refractivity contribution in [2.24, 2.45) is 0 Å². The van der Waals surface area contributed by atoms with E-state index in [0.29, 0.717) is 34.9 Å². The number of ether oxygens (including phenoxy) is 1. The molecular weight excluding hydrogens is 572 g/mol. The van der Waals surface area contributed by atoms with E-state index in [4.69, 9.17) is 16.3 Å². The lowest BCUT2D eigenvalue weighted by molar-refractivity contribution is -0.137. The van der Waals surface area contributed by atoms with Gasteiger partial charge in [-0.15, -0.1) is 0 Å². The fourth-order valence-corrected chi connectivity index (χ4v) is 4.78. The molecule has 10 nitrogen and oxygen atoms in total. The molecular formula is C32H35ClN4O6. The van der Waals surface area contributed by atoms with E-state index in [0.717, 1.165) is 12.0 Å². The number of hydrogen-bond acceptors (Lipinski definition) is 7. The Morgan fingerprint density at radius 1 is 0.977 bits per heavy atom. The molecule has 0 bridgehead atoms. The van der Waals surface area contributed by atoms with Crippen LogP contribution in [0.25, 0.3) is 0 Å². The minimum Gasteiger partial charge on any atom is -0.456 e. The van der Waals surface area contributed by atoms with E-state index in [1.165, 1.54) is 18.2 Å². The van der Waals surface area contributed by atoms with Gasteiger partial charge in [-0.25, -0.2) is 4.79 Å². The maximum atomic E-state index is 13.3. The Bertz CT molecular complexity index is 1470. The highest BCUT2D eigenvalue weighted by Gasteiger charge is 2.28. The minimum absolute atomic E-state index is 0.115. The number of rotatable bonds is 8. The van der Waals surface area contributed by atoms with E-state index >= 15 is 0 Å². The van der Waals surface area contributed by atoms with Crippen LogP contribution in [0.3, 0.4) is 0 Å². The van der Waals surface area contributed by atoms with Gasteiger partial charge in [0, 0.05) is 23.7 Å². The van der Waals surface area contributed by atoms with Crippen molar-refractivity contribution in [1.29, 1.82) is 0 Å². The van der Waals surface area contributed by atoms with Gasteiger partial charge < -0.3 is 30.7 Å². The minimum atomic E-state index is -1.11. The summed E-state index contributed by atoms with van der Waals surface area (Å²) in [6, 6.07) is 18.9. The van der Waals surface area contributed by atoms with Gasteiger partial charge in [-0.1, -0.05) is 41.9 Å². The van der Waals surface area contributed by atoms with Gasteiger partial charge in [0.2, 0.25) is 5.91 Å². The topological polar surface area (TPSA) is 137 Å². The molecule has 0 radical (unpaired) electrons. The number of hydrogen-bond donors (Lipinski definition) is 4. The summed E-state index contributed by atoms with van der Waals surface area (Å²) in [5.41, 5.74) is 1.63. The summed E-state index contributed by atoms with van der Waals surface area (Å²) in [5, 5.41) is 18.5. The van der Waals surface area contributed by atoms with E-state index in [9.17, 15) is 24.3 Å². The molecule has 43 heavy (non-hydrogen) atoms. The lowest BCUT2D eigenvalue weighted by Crippen LogP contribution is -2.49. The van der Waals surface area contributed by atoms with Gasteiger partial charge >= 0.3 is 17.8 Å². The summed E-state index contributed by atoms with van der Waals surface area (Å²) < 4.78 is 5.37. The van der Waals surface area contributed by atoms with Crippen LogP contribution >= 0.6 is 11.6 Å². The first-order valence-corrected chi connectivity index (χ1v) is 14.3. The summed E-state index contributed by atoms with van der Waals surface area (Å²) in [5.74, 6) is -3.07. The Labute approximate surface area is 255 Å². The van der Waals surface area contributed by atoms with Crippen molar-refractivity contribution in [3.05, 3.63) is 88.9 Å². The van der Waals surface area contributed by atoms with Crippen LogP contribution in [0.15, 0.2) is 72.8 Å². The molecule has 2 atom stereocenters. The normalized spacial score (nSPS) is 15.4. The van der Waals surface area contributed by atoms with Crippen LogP contribution in [0.5, 0.6) is 0 Å². The molecule has 3 amide bonds. The number of aliphatic hydroxyl groups is 1. The van der Waals surface area contributed by atoms with E-state index in [-0.39, 0.29) is 12.1 Å². The third-order valence-electron chi connectivity index (χ3n) is 6.64. The second-order valence-corrected chi connectivity index (χ2v) is 11.7. The van der Waals surface area contributed by atoms with Crippen LogP contribution in [0.4, 0.5) is 17.1 Å². The van der Waals surface area contributed by atoms with Gasteiger partial charge in [-0.05, 0) is 81.6 Å². The summed E-state index contributed by atoms with van der Waals surface area (Å²) >= 11 is 6.16. The average molecular weight is 607 g/mol. The molecule has 0 saturated carbocycles. The van der Waals surface area contributed by atoms with Crippen LogP contribution in [0.2, 0.25) is 5.02 Å². The first-order chi connectivity index (χ1) is 20.4.